The van der Waals surface area contributed by atoms with E-state index in [1.54, 1.807) is 9.13 Å². The van der Waals surface area contributed by atoms with E-state index in [1.807, 2.05) is 140 Å². The van der Waals surface area contributed by atoms with Gasteiger partial charge >= 0.3 is 21.7 Å². The molecule has 0 N–H and O–H groups in total. The summed E-state index contributed by atoms with van der Waals surface area (Å²) < 4.78 is 57.1. The summed E-state index contributed by atoms with van der Waals surface area (Å²) in [6, 6.07) is 33.4. The van der Waals surface area contributed by atoms with Gasteiger partial charge in [0, 0.05) is 46.0 Å². The summed E-state index contributed by atoms with van der Waals surface area (Å²) in [5.41, 5.74) is 8.75. The van der Waals surface area contributed by atoms with Crippen LogP contribution in [0.1, 0.15) is 61.6 Å². The minimum Gasteiger partial charge on any atom is -0.369 e. The van der Waals surface area contributed by atoms with Crippen LogP contribution in [0.5, 0.6) is 0 Å². The number of aryl methyl sites for hydroxylation is 2. The minimum absolute atomic E-state index is 0. The van der Waals surface area contributed by atoms with E-state index in [0.29, 0.717) is 11.4 Å². The molecule has 0 radical (unpaired) electrons. The van der Waals surface area contributed by atoms with Crippen molar-refractivity contribution < 1.29 is 39.3 Å². The molecule has 0 aliphatic heterocycles. The summed E-state index contributed by atoms with van der Waals surface area (Å²) in [4.78, 5) is 0. The average molecular weight is 699 g/mol. The van der Waals surface area contributed by atoms with Gasteiger partial charge in [-0.15, -0.1) is 36.4 Å². The van der Waals surface area contributed by atoms with Gasteiger partial charge in [0.15, 0.2) is 0 Å². The third-order valence-electron chi connectivity index (χ3n) is 7.10. The maximum atomic E-state index is 13.8. The largest absolute Gasteiger partial charge is 4.00 e. The fraction of sp³-hybridized carbons (Fsp3) is 0.190. The summed E-state index contributed by atoms with van der Waals surface area (Å²) in [6.07, 6.45) is 4.09. The van der Waals surface area contributed by atoms with E-state index in [9.17, 15) is 17.6 Å². The van der Waals surface area contributed by atoms with Crippen molar-refractivity contribution in [3.63, 3.8) is 0 Å². The predicted molar refractivity (Wildman–Crippen MR) is 191 cm³/mol. The standard InChI is InChI=1S/2C16H16F2N.2C5H5.Ti/c2*1-10(2)7-13-8-11(3)19(12(13)4)16-6-5-14(17)9-15(16)18;2*1-2-4-5-3-1;/h2*5-8H,1-4H3;2*1-5H;/q4*-1;+4. The Bertz CT molecular complexity index is 1750. The molecule has 0 saturated carbocycles. The van der Waals surface area contributed by atoms with Crippen LogP contribution in [-0.4, -0.2) is 9.13 Å². The van der Waals surface area contributed by atoms with E-state index >= 15 is 0 Å². The second-order valence-corrected chi connectivity index (χ2v) is 11.7. The molecule has 0 spiro atoms. The normalized spacial score (nSPS) is 9.88. The molecule has 0 fully saturated rings. The van der Waals surface area contributed by atoms with Crippen LogP contribution in [0.15, 0.2) is 108 Å². The summed E-state index contributed by atoms with van der Waals surface area (Å²) in [6.45, 7) is 15.7. The van der Waals surface area contributed by atoms with Crippen LogP contribution in [0, 0.1) is 63.1 Å². The second-order valence-electron chi connectivity index (χ2n) is 11.7. The molecule has 0 aliphatic rings. The molecule has 0 atom stereocenters. The van der Waals surface area contributed by atoms with Gasteiger partial charge in [-0.1, -0.05) is 23.3 Å². The number of aromatic nitrogens is 2. The molecule has 7 heteroatoms. The third kappa shape index (κ3) is 11.9. The van der Waals surface area contributed by atoms with Gasteiger partial charge in [0.2, 0.25) is 0 Å². The Balaban J connectivity index is 0.000000260. The Hall–Kier alpha value is -4.39. The molecule has 0 bridgehead atoms. The fourth-order valence-electron chi connectivity index (χ4n) is 5.09. The Kier molecular flexibility index (Phi) is 16.3. The second kappa shape index (κ2) is 19.6. The van der Waals surface area contributed by atoms with Crippen molar-refractivity contribution in [1.82, 2.24) is 9.13 Å². The Morgan fingerprint density at radius 3 is 1.14 bits per heavy atom. The number of halogens is 4. The third-order valence-corrected chi connectivity index (χ3v) is 7.10. The first-order valence-corrected chi connectivity index (χ1v) is 15.6. The smallest absolute Gasteiger partial charge is 0.369 e. The maximum Gasteiger partial charge on any atom is 4.00 e. The molecule has 6 rings (SSSR count). The first-order valence-electron chi connectivity index (χ1n) is 15.6. The molecule has 0 unspecified atom stereocenters. The van der Waals surface area contributed by atoms with Crippen molar-refractivity contribution in [2.75, 3.05) is 0 Å². The Labute approximate surface area is 303 Å². The van der Waals surface area contributed by atoms with Gasteiger partial charge in [0.1, 0.15) is 0 Å². The van der Waals surface area contributed by atoms with Gasteiger partial charge in [-0.2, -0.15) is 36.4 Å². The van der Waals surface area contributed by atoms with E-state index in [4.69, 9.17) is 0 Å². The first kappa shape index (κ1) is 40.8. The van der Waals surface area contributed by atoms with E-state index in [2.05, 4.69) is 12.1 Å². The SMILES string of the molecule is CC(C)=Cc1cc(C)n(-c2ccc(F)[c-]c2F)c1C.CC(C)=Cc1cc(C)n(-c2ccc(F)[c-]c2F)c1C.[Ti+4].c1cc[cH-]c1.c1cc[cH-]c1. The molecule has 49 heavy (non-hydrogen) atoms. The van der Waals surface area contributed by atoms with Crippen molar-refractivity contribution in [3.05, 3.63) is 178 Å². The summed E-state index contributed by atoms with van der Waals surface area (Å²) >= 11 is 0. The molecule has 6 aromatic rings. The van der Waals surface area contributed by atoms with Gasteiger partial charge < -0.3 is 9.13 Å². The van der Waals surface area contributed by atoms with Crippen LogP contribution in [-0.2, 0) is 21.7 Å². The van der Waals surface area contributed by atoms with Crippen molar-refractivity contribution in [1.29, 1.82) is 0 Å². The fourth-order valence-corrected chi connectivity index (χ4v) is 5.09. The first-order chi connectivity index (χ1) is 22.8. The molecule has 4 aromatic carbocycles. The summed E-state index contributed by atoms with van der Waals surface area (Å²) in [7, 11) is 0. The van der Waals surface area contributed by atoms with Crippen LogP contribution in [0.25, 0.3) is 23.5 Å². The van der Waals surface area contributed by atoms with E-state index in [0.717, 1.165) is 33.9 Å². The summed E-state index contributed by atoms with van der Waals surface area (Å²) in [5.74, 6) is -2.72. The van der Waals surface area contributed by atoms with Gasteiger partial charge in [-0.05, 0) is 90.0 Å². The molecule has 2 aromatic heterocycles. The topological polar surface area (TPSA) is 9.86 Å². The number of hydrogen-bond donors (Lipinski definition) is 0. The van der Waals surface area contributed by atoms with Crippen LogP contribution in [0.2, 0.25) is 0 Å². The molecule has 2 nitrogen and oxygen atoms in total. The van der Waals surface area contributed by atoms with Crippen LogP contribution < -0.4 is 0 Å². The predicted octanol–water partition coefficient (Wildman–Crippen LogP) is 12.0. The van der Waals surface area contributed by atoms with Crippen molar-refractivity contribution in [2.24, 2.45) is 0 Å². The monoisotopic (exact) mass is 698 g/mol. The molecule has 2 heterocycles. The van der Waals surface area contributed by atoms with Crippen LogP contribution in [0.3, 0.4) is 0 Å². The van der Waals surface area contributed by atoms with Crippen LogP contribution in [0.4, 0.5) is 17.6 Å². The number of nitrogens with zero attached hydrogens (tertiary/aromatic N) is 2. The zero-order valence-corrected chi connectivity index (χ0v) is 30.9. The van der Waals surface area contributed by atoms with Gasteiger partial charge in [-0.3, -0.25) is 0 Å². The van der Waals surface area contributed by atoms with E-state index in [1.165, 1.54) is 35.4 Å². The van der Waals surface area contributed by atoms with Crippen molar-refractivity contribution in [2.45, 2.75) is 55.4 Å². The van der Waals surface area contributed by atoms with Gasteiger partial charge in [0.05, 0.1) is 0 Å². The van der Waals surface area contributed by atoms with Gasteiger partial charge in [0.25, 0.3) is 0 Å². The van der Waals surface area contributed by atoms with Crippen molar-refractivity contribution in [3.8, 4) is 11.4 Å². The number of benzene rings is 2. The number of hydrogen-bond acceptors (Lipinski definition) is 0. The molecule has 0 saturated heterocycles. The molecular formula is C42H42F4N2Ti. The van der Waals surface area contributed by atoms with Crippen LogP contribution >= 0.6 is 0 Å². The quantitative estimate of drug-likeness (QED) is 0.0985. The maximum absolute atomic E-state index is 13.8. The minimum atomic E-state index is -0.687. The molecular weight excluding hydrogens is 656 g/mol. The molecule has 0 aliphatic carbocycles. The Morgan fingerprint density at radius 1 is 0.571 bits per heavy atom. The average Bonchev–Trinajstić information content (AvgIpc) is 3.84. The van der Waals surface area contributed by atoms with Crippen molar-refractivity contribution >= 4 is 12.2 Å². The Morgan fingerprint density at radius 2 is 0.898 bits per heavy atom. The van der Waals surface area contributed by atoms with E-state index < -0.39 is 23.3 Å². The van der Waals surface area contributed by atoms with E-state index in [-0.39, 0.29) is 21.7 Å². The van der Waals surface area contributed by atoms with Gasteiger partial charge in [-0.25, -0.2) is 41.8 Å². The zero-order chi connectivity index (χ0) is 35.4. The molecule has 0 amide bonds. The number of allylic oxidation sites excluding steroid dienone is 2. The zero-order valence-electron chi connectivity index (χ0n) is 29.3. The number of rotatable bonds is 4. The molecule has 252 valence electrons. The summed E-state index contributed by atoms with van der Waals surface area (Å²) in [5, 5.41) is 0.